The van der Waals surface area contributed by atoms with Crippen LogP contribution in [-0.2, 0) is 41.8 Å². The molecule has 0 atom stereocenters. The number of hydrogen-bond acceptors (Lipinski definition) is 7. The van der Waals surface area contributed by atoms with E-state index in [0.717, 1.165) is 0 Å². The number of carbonyl (C=O) groups excluding carboxylic acids is 2. The van der Waals surface area contributed by atoms with Gasteiger partial charge in [0.15, 0.2) is 0 Å². The molecule has 0 bridgehead atoms. The van der Waals surface area contributed by atoms with Crippen molar-refractivity contribution in [3.05, 3.63) is 0 Å². The summed E-state index contributed by atoms with van der Waals surface area (Å²) in [7, 11) is -5.17. The summed E-state index contributed by atoms with van der Waals surface area (Å²) < 4.78 is 38.1. The third-order valence-corrected chi connectivity index (χ3v) is 0.287. The van der Waals surface area contributed by atoms with Crippen LogP contribution in [0.15, 0.2) is 0 Å². The summed E-state index contributed by atoms with van der Waals surface area (Å²) in [6, 6.07) is 0. The van der Waals surface area contributed by atoms with Crippen molar-refractivity contribution >= 4 is 22.3 Å². The van der Waals surface area contributed by atoms with Gasteiger partial charge >= 0.3 is 29.0 Å². The zero-order valence-corrected chi connectivity index (χ0v) is 8.33. The zero-order chi connectivity index (χ0) is 10.4. The smallest absolute Gasteiger partial charge is 0.759 e. The molecule has 0 fully saturated rings. The Morgan fingerprint density at radius 3 is 1.23 bits per heavy atom. The summed E-state index contributed by atoms with van der Waals surface area (Å²) in [4.78, 5) is 19.6. The van der Waals surface area contributed by atoms with Gasteiger partial charge in [0.25, 0.3) is 0 Å². The van der Waals surface area contributed by atoms with Crippen molar-refractivity contribution in [3.8, 4) is 0 Å². The number of esters is 2. The fourth-order valence-electron chi connectivity index (χ4n) is 0.202. The van der Waals surface area contributed by atoms with Gasteiger partial charge in [-0.25, -0.2) is 0 Å². The van der Waals surface area contributed by atoms with Crippen molar-refractivity contribution in [2.45, 2.75) is 13.8 Å². The van der Waals surface area contributed by atoms with Crippen LogP contribution in [0.25, 0.3) is 0 Å². The summed E-state index contributed by atoms with van der Waals surface area (Å²) in [5.74, 6) is -1.12. The first kappa shape index (κ1) is 18.3. The van der Waals surface area contributed by atoms with Crippen LogP contribution in [0.3, 0.4) is 0 Å². The van der Waals surface area contributed by atoms with Gasteiger partial charge in [-0.15, -0.1) is 0 Å². The summed E-state index contributed by atoms with van der Waals surface area (Å²) in [6.45, 7) is 2.36. The molecule has 0 N–H and O–H groups in total. The molecular weight excluding hydrogens is 256 g/mol. The second kappa shape index (κ2) is 8.14. The maximum Gasteiger partial charge on any atom is 2.00 e. The summed E-state index contributed by atoms with van der Waals surface area (Å²) in [5.41, 5.74) is 0. The van der Waals surface area contributed by atoms with E-state index in [1.807, 2.05) is 0 Å². The van der Waals surface area contributed by atoms with Crippen molar-refractivity contribution in [2.24, 2.45) is 0 Å². The third kappa shape index (κ3) is 84.0. The van der Waals surface area contributed by atoms with Crippen molar-refractivity contribution in [3.63, 3.8) is 0 Å². The van der Waals surface area contributed by atoms with Gasteiger partial charge in [-0.2, -0.15) is 0 Å². The van der Waals surface area contributed by atoms with E-state index in [9.17, 15) is 9.59 Å². The first-order valence-corrected chi connectivity index (χ1v) is 3.82. The van der Waals surface area contributed by atoms with Crippen LogP contribution in [0.4, 0.5) is 0 Å². The number of hydrogen-bond donors (Lipinski definition) is 0. The third-order valence-electron chi connectivity index (χ3n) is 0.287. The van der Waals surface area contributed by atoms with Crippen LogP contribution in [0.5, 0.6) is 0 Å². The Labute approximate surface area is 85.5 Å². The van der Waals surface area contributed by atoms with Gasteiger partial charge in [0.1, 0.15) is 0 Å². The molecule has 0 aliphatic rings. The molecule has 0 amide bonds. The molecule has 0 spiro atoms. The molecule has 13 heavy (non-hydrogen) atoms. The Hall–Kier alpha value is -0.471. The Morgan fingerprint density at radius 2 is 1.23 bits per heavy atom. The predicted octanol–water partition coefficient (Wildman–Crippen LogP) is -1.24. The maximum absolute atomic E-state index is 9.81. The largest absolute Gasteiger partial charge is 2.00 e. The molecule has 81 valence electrons. The monoisotopic (exact) mass is 261 g/mol. The van der Waals surface area contributed by atoms with Crippen LogP contribution in [0.1, 0.15) is 13.8 Å². The van der Waals surface area contributed by atoms with Gasteiger partial charge in [0, 0.05) is 24.2 Å². The number of ether oxygens (including phenoxy) is 1. The molecule has 9 heteroatoms. The van der Waals surface area contributed by atoms with Gasteiger partial charge < -0.3 is 13.8 Å². The van der Waals surface area contributed by atoms with Gasteiger partial charge in [-0.05, 0) is 0 Å². The SMILES string of the molecule is CC(=O)OC(C)=O.O=S(=O)([O-])[O-].[Cu+2]. The summed E-state index contributed by atoms with van der Waals surface area (Å²) in [6.07, 6.45) is 0. The standard InChI is InChI=1S/C4H6O3.Cu.H2O4S/c1-3(5)7-4(2)6;;1-5(2,3)4/h1-2H3;;(H2,1,2,3,4)/q;+2;/p-2. The molecular formula is C4H6CuO7S. The molecule has 0 aromatic heterocycles. The van der Waals surface area contributed by atoms with E-state index in [2.05, 4.69) is 4.74 Å². The van der Waals surface area contributed by atoms with Crippen LogP contribution < -0.4 is 0 Å². The zero-order valence-electron chi connectivity index (χ0n) is 6.57. The van der Waals surface area contributed by atoms with Crippen molar-refractivity contribution in [1.29, 1.82) is 0 Å². The second-order valence-electron chi connectivity index (χ2n) is 1.49. The van der Waals surface area contributed by atoms with Crippen LogP contribution in [-0.4, -0.2) is 29.5 Å². The summed E-state index contributed by atoms with van der Waals surface area (Å²) >= 11 is 0. The average molecular weight is 262 g/mol. The van der Waals surface area contributed by atoms with E-state index in [1.54, 1.807) is 0 Å². The maximum atomic E-state index is 9.81. The van der Waals surface area contributed by atoms with E-state index in [1.165, 1.54) is 13.8 Å². The molecule has 0 aliphatic heterocycles. The number of carbonyl (C=O) groups is 2. The number of rotatable bonds is 0. The molecule has 0 unspecified atom stereocenters. The van der Waals surface area contributed by atoms with E-state index in [0.29, 0.717) is 0 Å². The van der Waals surface area contributed by atoms with Gasteiger partial charge in [-0.1, -0.05) is 0 Å². The van der Waals surface area contributed by atoms with E-state index in [-0.39, 0.29) is 17.1 Å². The Kier molecular flexibility index (Phi) is 11.5. The van der Waals surface area contributed by atoms with E-state index in [4.69, 9.17) is 17.5 Å². The van der Waals surface area contributed by atoms with Crippen LogP contribution in [0, 0.1) is 0 Å². The molecule has 7 nitrogen and oxygen atoms in total. The van der Waals surface area contributed by atoms with Crippen LogP contribution in [0.2, 0.25) is 0 Å². The Bertz CT molecular complexity index is 236. The first-order chi connectivity index (χ1) is 5.13. The minimum Gasteiger partial charge on any atom is -0.759 e. The van der Waals surface area contributed by atoms with Gasteiger partial charge in [-0.3, -0.25) is 18.0 Å². The Balaban J connectivity index is -0.000000150. The molecule has 1 radical (unpaired) electrons. The van der Waals surface area contributed by atoms with Crippen LogP contribution >= 0.6 is 0 Å². The molecule has 0 rings (SSSR count). The normalized spacial score (nSPS) is 8.62. The van der Waals surface area contributed by atoms with E-state index >= 15 is 0 Å². The Morgan fingerprint density at radius 1 is 1.08 bits per heavy atom. The fourth-order valence-corrected chi connectivity index (χ4v) is 0.202. The topological polar surface area (TPSA) is 124 Å². The first-order valence-electron chi connectivity index (χ1n) is 2.48. The predicted molar refractivity (Wildman–Crippen MR) is 32.9 cm³/mol. The summed E-state index contributed by atoms with van der Waals surface area (Å²) in [5, 5.41) is 0. The van der Waals surface area contributed by atoms with Gasteiger partial charge in [0.2, 0.25) is 0 Å². The minimum atomic E-state index is -5.17. The van der Waals surface area contributed by atoms with Crippen molar-refractivity contribution in [2.75, 3.05) is 0 Å². The molecule has 0 aromatic carbocycles. The molecule has 0 aliphatic carbocycles. The molecule has 0 heterocycles. The van der Waals surface area contributed by atoms with Crippen molar-refractivity contribution in [1.82, 2.24) is 0 Å². The van der Waals surface area contributed by atoms with Crippen molar-refractivity contribution < 1.29 is 48.9 Å². The quantitative estimate of drug-likeness (QED) is 0.175. The molecule has 0 saturated carbocycles. The van der Waals surface area contributed by atoms with Gasteiger partial charge in [0.05, 0.1) is 0 Å². The average Bonchev–Trinajstić information content (AvgIpc) is 1.52. The second-order valence-corrected chi connectivity index (χ2v) is 2.31. The van der Waals surface area contributed by atoms with E-state index < -0.39 is 22.3 Å². The fraction of sp³-hybridized carbons (Fsp3) is 0.500. The minimum absolute atomic E-state index is 0. The molecule has 0 aromatic rings. The molecule has 0 saturated heterocycles.